The zero-order valence-corrected chi connectivity index (χ0v) is 12.4. The Morgan fingerprint density at radius 3 is 2.90 bits per heavy atom. The molecule has 0 aromatic carbocycles. The van der Waals surface area contributed by atoms with Crippen molar-refractivity contribution in [2.75, 3.05) is 33.3 Å². The maximum Gasteiger partial charge on any atom is 0.257 e. The first-order valence-corrected chi connectivity index (χ1v) is 7.17. The van der Waals surface area contributed by atoms with Crippen molar-refractivity contribution in [2.24, 2.45) is 7.05 Å². The number of carbonyl (C=O) groups excluding carboxylic acids is 1. The number of hydrogen-bond donors (Lipinski definition) is 0. The molecule has 2 aliphatic heterocycles. The Morgan fingerprint density at radius 1 is 1.40 bits per heavy atom. The van der Waals surface area contributed by atoms with Gasteiger partial charge in [0, 0.05) is 32.9 Å². The van der Waals surface area contributed by atoms with E-state index in [1.807, 2.05) is 25.1 Å². The average Bonchev–Trinajstić information content (AvgIpc) is 2.76. The number of morpholine rings is 1. The molecule has 3 heterocycles. The van der Waals surface area contributed by atoms with Crippen LogP contribution in [0.3, 0.4) is 0 Å². The molecule has 1 aromatic heterocycles. The third kappa shape index (κ3) is 2.33. The standard InChI is InChI=1S/C14H22N4O2/c1-10-11(8-17(3)15-10)14(19)18-6-7-20-13-4-5-16(2)9-12(13)18/h8,12-13H,4-7,9H2,1-3H3/t12-,13+/m1/s1. The van der Waals surface area contributed by atoms with Crippen molar-refractivity contribution in [3.05, 3.63) is 17.5 Å². The zero-order chi connectivity index (χ0) is 14.3. The molecule has 6 nitrogen and oxygen atoms in total. The topological polar surface area (TPSA) is 50.6 Å². The fourth-order valence-electron chi connectivity index (χ4n) is 3.25. The van der Waals surface area contributed by atoms with Gasteiger partial charge in [-0.2, -0.15) is 5.10 Å². The number of nitrogens with zero attached hydrogens (tertiary/aromatic N) is 4. The number of carbonyl (C=O) groups is 1. The van der Waals surface area contributed by atoms with Crippen molar-refractivity contribution in [3.63, 3.8) is 0 Å². The summed E-state index contributed by atoms with van der Waals surface area (Å²) in [6, 6.07) is 0.162. The summed E-state index contributed by atoms with van der Waals surface area (Å²) in [5.41, 5.74) is 1.51. The van der Waals surface area contributed by atoms with Gasteiger partial charge in [0.1, 0.15) is 0 Å². The second-order valence-corrected chi connectivity index (χ2v) is 5.83. The van der Waals surface area contributed by atoms with Crippen LogP contribution < -0.4 is 0 Å². The van der Waals surface area contributed by atoms with Gasteiger partial charge in [-0.15, -0.1) is 0 Å². The summed E-state index contributed by atoms with van der Waals surface area (Å²) in [6.07, 6.45) is 2.99. The minimum absolute atomic E-state index is 0.0872. The fourth-order valence-corrected chi connectivity index (χ4v) is 3.25. The number of hydrogen-bond acceptors (Lipinski definition) is 4. The monoisotopic (exact) mass is 278 g/mol. The van der Waals surface area contributed by atoms with Crippen LogP contribution in [-0.4, -0.2) is 70.9 Å². The number of likely N-dealkylation sites (tertiary alicyclic amines) is 1. The Hall–Kier alpha value is -1.40. The molecule has 20 heavy (non-hydrogen) atoms. The summed E-state index contributed by atoms with van der Waals surface area (Å²) in [7, 11) is 3.95. The smallest absolute Gasteiger partial charge is 0.257 e. The van der Waals surface area contributed by atoms with Gasteiger partial charge in [-0.25, -0.2) is 0 Å². The van der Waals surface area contributed by atoms with E-state index in [4.69, 9.17) is 4.74 Å². The Balaban J connectivity index is 1.84. The van der Waals surface area contributed by atoms with E-state index in [1.54, 1.807) is 4.68 Å². The number of piperidine rings is 1. The number of aromatic nitrogens is 2. The molecule has 2 saturated heterocycles. The van der Waals surface area contributed by atoms with E-state index in [0.717, 1.165) is 25.2 Å². The Bertz CT molecular complexity index is 513. The van der Waals surface area contributed by atoms with Crippen LogP contribution in [0, 0.1) is 6.92 Å². The lowest BCUT2D eigenvalue weighted by Gasteiger charge is -2.46. The molecule has 0 unspecified atom stereocenters. The Morgan fingerprint density at radius 2 is 2.20 bits per heavy atom. The lowest BCUT2D eigenvalue weighted by atomic mass is 9.98. The van der Waals surface area contributed by atoms with Crippen LogP contribution in [0.1, 0.15) is 22.5 Å². The molecule has 110 valence electrons. The first-order chi connectivity index (χ1) is 9.56. The van der Waals surface area contributed by atoms with Crippen LogP contribution in [-0.2, 0) is 11.8 Å². The summed E-state index contributed by atoms with van der Waals surface area (Å²) in [4.78, 5) is 17.0. The molecule has 1 aromatic rings. The summed E-state index contributed by atoms with van der Waals surface area (Å²) >= 11 is 0. The maximum absolute atomic E-state index is 12.8. The summed E-state index contributed by atoms with van der Waals surface area (Å²) in [5.74, 6) is 0.0872. The van der Waals surface area contributed by atoms with E-state index >= 15 is 0 Å². The second kappa shape index (κ2) is 5.18. The normalized spacial score (nSPS) is 27.4. The highest BCUT2D eigenvalue weighted by Gasteiger charge is 2.39. The summed E-state index contributed by atoms with van der Waals surface area (Å²) in [5, 5.41) is 4.27. The SMILES string of the molecule is Cc1nn(C)cc1C(=O)N1CCO[C@H]2CCN(C)C[C@H]21. The van der Waals surface area contributed by atoms with Gasteiger partial charge in [-0.1, -0.05) is 0 Å². The van der Waals surface area contributed by atoms with Crippen LogP contribution in [0.5, 0.6) is 0 Å². The second-order valence-electron chi connectivity index (χ2n) is 5.83. The molecule has 0 radical (unpaired) electrons. The molecule has 2 fully saturated rings. The first-order valence-electron chi connectivity index (χ1n) is 7.17. The predicted octanol–water partition coefficient (Wildman–Crippen LogP) is 0.274. The zero-order valence-electron chi connectivity index (χ0n) is 12.4. The van der Waals surface area contributed by atoms with Crippen molar-refractivity contribution >= 4 is 5.91 Å². The number of likely N-dealkylation sites (N-methyl/N-ethyl adjacent to an activating group) is 1. The Kier molecular flexibility index (Phi) is 3.52. The van der Waals surface area contributed by atoms with Gasteiger partial charge in [0.2, 0.25) is 0 Å². The molecular formula is C14H22N4O2. The number of aryl methyl sites for hydroxylation is 2. The predicted molar refractivity (Wildman–Crippen MR) is 74.6 cm³/mol. The summed E-state index contributed by atoms with van der Waals surface area (Å²) < 4.78 is 7.54. The molecule has 0 aliphatic carbocycles. The van der Waals surface area contributed by atoms with Gasteiger partial charge < -0.3 is 14.5 Å². The lowest BCUT2D eigenvalue weighted by Crippen LogP contribution is -2.60. The first kappa shape index (κ1) is 13.6. The number of ether oxygens (including phenoxy) is 1. The third-order valence-corrected chi connectivity index (χ3v) is 4.29. The molecule has 3 rings (SSSR count). The van der Waals surface area contributed by atoms with Crippen molar-refractivity contribution in [1.29, 1.82) is 0 Å². The lowest BCUT2D eigenvalue weighted by molar-refractivity contribution is -0.0870. The van der Waals surface area contributed by atoms with Crippen LogP contribution in [0.25, 0.3) is 0 Å². The summed E-state index contributed by atoms with van der Waals surface area (Å²) in [6.45, 7) is 5.11. The Labute approximate surface area is 119 Å². The van der Waals surface area contributed by atoms with Gasteiger partial charge in [-0.05, 0) is 20.4 Å². The van der Waals surface area contributed by atoms with Gasteiger partial charge in [-0.3, -0.25) is 9.48 Å². The molecule has 1 amide bonds. The van der Waals surface area contributed by atoms with Gasteiger partial charge >= 0.3 is 0 Å². The van der Waals surface area contributed by atoms with Crippen molar-refractivity contribution < 1.29 is 9.53 Å². The van der Waals surface area contributed by atoms with Gasteiger partial charge in [0.25, 0.3) is 5.91 Å². The quantitative estimate of drug-likeness (QED) is 0.740. The average molecular weight is 278 g/mol. The van der Waals surface area contributed by atoms with Crippen molar-refractivity contribution in [1.82, 2.24) is 19.6 Å². The largest absolute Gasteiger partial charge is 0.374 e. The van der Waals surface area contributed by atoms with Crippen molar-refractivity contribution in [3.8, 4) is 0 Å². The van der Waals surface area contributed by atoms with E-state index in [2.05, 4.69) is 17.0 Å². The van der Waals surface area contributed by atoms with Crippen molar-refractivity contribution in [2.45, 2.75) is 25.5 Å². The van der Waals surface area contributed by atoms with Crippen LogP contribution >= 0.6 is 0 Å². The van der Waals surface area contributed by atoms with Gasteiger partial charge in [0.15, 0.2) is 0 Å². The van der Waals surface area contributed by atoms with E-state index in [1.165, 1.54) is 0 Å². The molecule has 0 saturated carbocycles. The third-order valence-electron chi connectivity index (χ3n) is 4.29. The fraction of sp³-hybridized carbons (Fsp3) is 0.714. The van der Waals surface area contributed by atoms with Gasteiger partial charge in [0.05, 0.1) is 30.0 Å². The maximum atomic E-state index is 12.8. The highest BCUT2D eigenvalue weighted by atomic mass is 16.5. The highest BCUT2D eigenvalue weighted by Crippen LogP contribution is 2.24. The number of amides is 1. The molecule has 2 atom stereocenters. The molecular weight excluding hydrogens is 256 g/mol. The molecule has 0 N–H and O–H groups in total. The van der Waals surface area contributed by atoms with E-state index < -0.39 is 0 Å². The minimum atomic E-state index is 0.0872. The van der Waals surface area contributed by atoms with E-state index in [-0.39, 0.29) is 18.1 Å². The van der Waals surface area contributed by atoms with Crippen LogP contribution in [0.15, 0.2) is 6.20 Å². The van der Waals surface area contributed by atoms with Crippen LogP contribution in [0.4, 0.5) is 0 Å². The van der Waals surface area contributed by atoms with Crippen LogP contribution in [0.2, 0.25) is 0 Å². The molecule has 6 heteroatoms. The molecule has 0 spiro atoms. The molecule has 2 aliphatic rings. The van der Waals surface area contributed by atoms with E-state index in [0.29, 0.717) is 18.7 Å². The number of fused-ring (bicyclic) bond motifs is 1. The highest BCUT2D eigenvalue weighted by molar-refractivity contribution is 5.95. The minimum Gasteiger partial charge on any atom is -0.374 e. The molecule has 0 bridgehead atoms. The number of rotatable bonds is 1. The van der Waals surface area contributed by atoms with E-state index in [9.17, 15) is 4.79 Å².